The summed E-state index contributed by atoms with van der Waals surface area (Å²) in [5, 5.41) is 15.1. The lowest BCUT2D eigenvalue weighted by atomic mass is 10.1. The van der Waals surface area contributed by atoms with Crippen LogP contribution < -0.4 is 10.1 Å². The molecular formula is C26H18IN3O2S. The van der Waals surface area contributed by atoms with Crippen LogP contribution in [0, 0.1) is 14.9 Å². The summed E-state index contributed by atoms with van der Waals surface area (Å²) in [6.07, 6.45) is 1.74. The highest BCUT2D eigenvalue weighted by molar-refractivity contribution is 14.1. The quantitative estimate of drug-likeness (QED) is 0.206. The minimum absolute atomic E-state index is 0.143. The molecule has 1 heterocycles. The van der Waals surface area contributed by atoms with E-state index in [9.17, 15) is 10.1 Å². The van der Waals surface area contributed by atoms with E-state index in [1.54, 1.807) is 12.1 Å². The summed E-state index contributed by atoms with van der Waals surface area (Å²) in [7, 11) is 0. The molecule has 4 rings (SSSR count). The third-order valence-electron chi connectivity index (χ3n) is 4.63. The monoisotopic (exact) mass is 563 g/mol. The van der Waals surface area contributed by atoms with Crippen LogP contribution in [-0.2, 0) is 4.79 Å². The number of carbonyl (C=O) groups excluding carboxylic acids is 1. The second-order valence-corrected chi connectivity index (χ2v) is 9.06. The maximum absolute atomic E-state index is 12.2. The van der Waals surface area contributed by atoms with Gasteiger partial charge in [0.25, 0.3) is 5.91 Å². The van der Waals surface area contributed by atoms with Gasteiger partial charge in [-0.1, -0.05) is 48.5 Å². The molecule has 4 aromatic rings. The fourth-order valence-electron chi connectivity index (χ4n) is 3.04. The fourth-order valence-corrected chi connectivity index (χ4v) is 4.20. The molecule has 7 heteroatoms. The Kier molecular flexibility index (Phi) is 7.50. The third kappa shape index (κ3) is 6.06. The number of nitrogens with zero attached hydrogens (tertiary/aromatic N) is 2. The van der Waals surface area contributed by atoms with Gasteiger partial charge >= 0.3 is 0 Å². The summed E-state index contributed by atoms with van der Waals surface area (Å²) in [6, 6.07) is 26.8. The Hall–Kier alpha value is -3.48. The van der Waals surface area contributed by atoms with Gasteiger partial charge < -0.3 is 10.1 Å². The Morgan fingerprint density at radius 2 is 1.79 bits per heavy atom. The van der Waals surface area contributed by atoms with Crippen LogP contribution in [0.2, 0.25) is 0 Å². The minimum atomic E-state index is -0.262. The standard InChI is InChI=1S/C26H18IN3O2S/c27-21-12-10-18(11-13-21)23-17-33-26(30-23)20(15-28)14-19-6-4-5-9-24(19)32-16-25(31)29-22-7-2-1-3-8-22/h1-14,17H,16H2,(H,29,31)/b20-14+. The van der Waals surface area contributed by atoms with Gasteiger partial charge in [0, 0.05) is 25.8 Å². The molecule has 0 aliphatic heterocycles. The second-order valence-electron chi connectivity index (χ2n) is 6.96. The molecule has 0 spiro atoms. The number of anilines is 1. The Morgan fingerprint density at radius 3 is 2.55 bits per heavy atom. The molecule has 162 valence electrons. The Labute approximate surface area is 209 Å². The number of amides is 1. The first-order valence-electron chi connectivity index (χ1n) is 10.0. The van der Waals surface area contributed by atoms with Gasteiger partial charge in [0.05, 0.1) is 11.3 Å². The van der Waals surface area contributed by atoms with Gasteiger partial charge in [0.1, 0.15) is 16.8 Å². The summed E-state index contributed by atoms with van der Waals surface area (Å²) in [6.45, 7) is -0.143. The largest absolute Gasteiger partial charge is 0.483 e. The van der Waals surface area contributed by atoms with Crippen LogP contribution in [0.25, 0.3) is 22.9 Å². The highest BCUT2D eigenvalue weighted by Crippen LogP contribution is 2.29. The van der Waals surface area contributed by atoms with Crippen LogP contribution in [0.1, 0.15) is 10.6 Å². The summed E-state index contributed by atoms with van der Waals surface area (Å²) in [5.74, 6) is 0.255. The van der Waals surface area contributed by atoms with Crippen molar-refractivity contribution in [2.45, 2.75) is 0 Å². The zero-order valence-corrected chi connectivity index (χ0v) is 20.3. The van der Waals surface area contributed by atoms with Crippen LogP contribution >= 0.6 is 33.9 Å². The predicted molar refractivity (Wildman–Crippen MR) is 141 cm³/mol. The molecule has 0 atom stereocenters. The van der Waals surface area contributed by atoms with Gasteiger partial charge in [0.2, 0.25) is 0 Å². The molecule has 0 saturated heterocycles. The topological polar surface area (TPSA) is 75.0 Å². The summed E-state index contributed by atoms with van der Waals surface area (Å²) >= 11 is 3.68. The molecule has 0 aliphatic carbocycles. The van der Waals surface area contributed by atoms with Crippen LogP contribution in [0.15, 0.2) is 84.2 Å². The Bertz CT molecular complexity index is 1330. The minimum Gasteiger partial charge on any atom is -0.483 e. The van der Waals surface area contributed by atoms with Gasteiger partial charge in [-0.3, -0.25) is 4.79 Å². The second kappa shape index (κ2) is 10.9. The number of allylic oxidation sites excluding steroid dienone is 1. The van der Waals surface area contributed by atoms with Gasteiger partial charge in [0.15, 0.2) is 6.61 Å². The number of hydrogen-bond donors (Lipinski definition) is 1. The van der Waals surface area contributed by atoms with E-state index in [0.717, 1.165) is 14.8 Å². The van der Waals surface area contributed by atoms with Crippen LogP contribution in [0.4, 0.5) is 5.69 Å². The number of aromatic nitrogens is 1. The van der Waals surface area contributed by atoms with Crippen LogP contribution in [0.3, 0.4) is 0 Å². The molecule has 0 fully saturated rings. The zero-order valence-electron chi connectivity index (χ0n) is 17.4. The van der Waals surface area contributed by atoms with Crippen molar-refractivity contribution in [1.29, 1.82) is 5.26 Å². The van der Waals surface area contributed by atoms with E-state index in [2.05, 4.69) is 39.0 Å². The molecule has 0 aliphatic rings. The molecule has 0 saturated carbocycles. The number of nitriles is 1. The van der Waals surface area contributed by atoms with E-state index in [0.29, 0.717) is 27.6 Å². The van der Waals surface area contributed by atoms with Gasteiger partial charge in [-0.05, 0) is 59.0 Å². The Balaban J connectivity index is 1.50. The van der Waals surface area contributed by atoms with Crippen molar-refractivity contribution >= 4 is 57.2 Å². The van der Waals surface area contributed by atoms with Crippen molar-refractivity contribution in [2.24, 2.45) is 0 Å². The van der Waals surface area contributed by atoms with E-state index < -0.39 is 0 Å². The zero-order chi connectivity index (χ0) is 23.0. The number of para-hydroxylation sites is 2. The van der Waals surface area contributed by atoms with Gasteiger partial charge in [-0.25, -0.2) is 4.98 Å². The first-order chi connectivity index (χ1) is 16.1. The predicted octanol–water partition coefficient (Wildman–Crippen LogP) is 6.50. The summed E-state index contributed by atoms with van der Waals surface area (Å²) in [4.78, 5) is 16.9. The van der Waals surface area contributed by atoms with E-state index >= 15 is 0 Å². The summed E-state index contributed by atoms with van der Waals surface area (Å²) < 4.78 is 6.91. The van der Waals surface area contributed by atoms with Crippen molar-refractivity contribution in [3.8, 4) is 23.1 Å². The van der Waals surface area contributed by atoms with E-state index in [1.165, 1.54) is 11.3 Å². The van der Waals surface area contributed by atoms with Crippen molar-refractivity contribution in [3.05, 3.63) is 98.4 Å². The number of benzene rings is 3. The number of carbonyl (C=O) groups is 1. The Morgan fingerprint density at radius 1 is 1.06 bits per heavy atom. The molecule has 1 amide bonds. The maximum atomic E-state index is 12.2. The smallest absolute Gasteiger partial charge is 0.262 e. The SMILES string of the molecule is N#C/C(=C\c1ccccc1OCC(=O)Nc1ccccc1)c1nc(-c2ccc(I)cc2)cs1. The molecule has 5 nitrogen and oxygen atoms in total. The van der Waals surface area contributed by atoms with Gasteiger partial charge in [-0.15, -0.1) is 11.3 Å². The molecule has 0 radical (unpaired) electrons. The lowest BCUT2D eigenvalue weighted by Gasteiger charge is -2.10. The third-order valence-corrected chi connectivity index (χ3v) is 6.22. The maximum Gasteiger partial charge on any atom is 0.262 e. The molecule has 0 unspecified atom stereocenters. The lowest BCUT2D eigenvalue weighted by molar-refractivity contribution is -0.118. The highest BCUT2D eigenvalue weighted by Gasteiger charge is 2.12. The van der Waals surface area contributed by atoms with Crippen LogP contribution in [-0.4, -0.2) is 17.5 Å². The van der Waals surface area contributed by atoms with Crippen molar-refractivity contribution < 1.29 is 9.53 Å². The fraction of sp³-hybridized carbons (Fsp3) is 0.0385. The molecule has 33 heavy (non-hydrogen) atoms. The average molecular weight is 563 g/mol. The molecule has 1 aromatic heterocycles. The number of hydrogen-bond acceptors (Lipinski definition) is 5. The van der Waals surface area contributed by atoms with Crippen molar-refractivity contribution in [2.75, 3.05) is 11.9 Å². The number of thiazole rings is 1. The van der Waals surface area contributed by atoms with Gasteiger partial charge in [-0.2, -0.15) is 5.26 Å². The van der Waals surface area contributed by atoms with Crippen molar-refractivity contribution in [1.82, 2.24) is 4.98 Å². The molecular weight excluding hydrogens is 545 g/mol. The van der Waals surface area contributed by atoms with E-state index in [-0.39, 0.29) is 12.5 Å². The summed E-state index contributed by atoms with van der Waals surface area (Å²) in [5.41, 5.74) is 3.67. The molecule has 0 bridgehead atoms. The lowest BCUT2D eigenvalue weighted by Crippen LogP contribution is -2.20. The first kappa shape index (κ1) is 22.7. The normalized spacial score (nSPS) is 11.0. The van der Waals surface area contributed by atoms with E-state index in [4.69, 9.17) is 4.74 Å². The van der Waals surface area contributed by atoms with E-state index in [1.807, 2.05) is 78.2 Å². The average Bonchev–Trinajstić information content (AvgIpc) is 3.33. The highest BCUT2D eigenvalue weighted by atomic mass is 127. The van der Waals surface area contributed by atoms with Crippen LogP contribution in [0.5, 0.6) is 5.75 Å². The molecule has 3 aromatic carbocycles. The molecule has 1 N–H and O–H groups in total. The van der Waals surface area contributed by atoms with Crippen molar-refractivity contribution in [3.63, 3.8) is 0 Å². The number of nitrogens with one attached hydrogen (secondary N) is 1. The number of rotatable bonds is 7. The number of ether oxygens (including phenoxy) is 1. The first-order valence-corrected chi connectivity index (χ1v) is 12.0. The number of halogens is 1.